The highest BCUT2D eigenvalue weighted by molar-refractivity contribution is 5.96. The first-order chi connectivity index (χ1) is 14.1. The molecule has 0 atom stereocenters. The van der Waals surface area contributed by atoms with E-state index >= 15 is 0 Å². The summed E-state index contributed by atoms with van der Waals surface area (Å²) in [7, 11) is 1.53. The number of aromatic nitrogens is 4. The molecule has 3 aromatic rings. The van der Waals surface area contributed by atoms with E-state index in [1.165, 1.54) is 7.11 Å². The zero-order valence-corrected chi connectivity index (χ0v) is 16.9. The second-order valence-corrected chi connectivity index (χ2v) is 6.96. The van der Waals surface area contributed by atoms with Gasteiger partial charge in [-0.3, -0.25) is 4.79 Å². The van der Waals surface area contributed by atoms with Crippen molar-refractivity contribution in [2.24, 2.45) is 0 Å². The van der Waals surface area contributed by atoms with E-state index in [1.54, 1.807) is 24.5 Å². The third-order valence-corrected chi connectivity index (χ3v) is 5.20. The Balaban J connectivity index is 1.51. The van der Waals surface area contributed by atoms with Gasteiger partial charge in [0.05, 0.1) is 24.2 Å². The highest BCUT2D eigenvalue weighted by Crippen LogP contribution is 2.27. The van der Waals surface area contributed by atoms with E-state index in [-0.39, 0.29) is 5.91 Å². The molecule has 1 aliphatic heterocycles. The molecule has 8 nitrogen and oxygen atoms in total. The summed E-state index contributed by atoms with van der Waals surface area (Å²) < 4.78 is 7.12. The van der Waals surface area contributed by atoms with Crippen LogP contribution in [0, 0.1) is 13.8 Å². The van der Waals surface area contributed by atoms with Crippen molar-refractivity contribution >= 4 is 11.6 Å². The van der Waals surface area contributed by atoms with E-state index in [0.717, 1.165) is 36.0 Å². The molecule has 0 saturated carbocycles. The minimum Gasteiger partial charge on any atom is -0.480 e. The SMILES string of the molecule is COc1ncccc1C(=O)N1CCN(c2c(C)nn(-c3ccccn3)c2C)CC1. The number of nitrogens with zero attached hydrogens (tertiary/aromatic N) is 6. The molecule has 0 spiro atoms. The van der Waals surface area contributed by atoms with Gasteiger partial charge in [-0.1, -0.05) is 6.07 Å². The molecule has 0 unspecified atom stereocenters. The van der Waals surface area contributed by atoms with Crippen molar-refractivity contribution in [3.8, 4) is 11.7 Å². The topological polar surface area (TPSA) is 76.4 Å². The number of hydrogen-bond donors (Lipinski definition) is 0. The van der Waals surface area contributed by atoms with Crippen molar-refractivity contribution in [2.75, 3.05) is 38.2 Å². The smallest absolute Gasteiger partial charge is 0.259 e. The van der Waals surface area contributed by atoms with Gasteiger partial charge in [0.25, 0.3) is 5.91 Å². The first-order valence-electron chi connectivity index (χ1n) is 9.61. The van der Waals surface area contributed by atoms with Gasteiger partial charge in [0.1, 0.15) is 5.56 Å². The van der Waals surface area contributed by atoms with Crippen LogP contribution in [0.3, 0.4) is 0 Å². The fraction of sp³-hybridized carbons (Fsp3) is 0.333. The lowest BCUT2D eigenvalue weighted by Crippen LogP contribution is -2.49. The summed E-state index contributed by atoms with van der Waals surface area (Å²) in [5, 5.41) is 4.69. The molecule has 0 N–H and O–H groups in total. The Morgan fingerprint density at radius 1 is 1.00 bits per heavy atom. The molecule has 4 heterocycles. The summed E-state index contributed by atoms with van der Waals surface area (Å²) >= 11 is 0. The minimum atomic E-state index is -0.0489. The molecule has 150 valence electrons. The second-order valence-electron chi connectivity index (χ2n) is 6.96. The van der Waals surface area contributed by atoms with Gasteiger partial charge < -0.3 is 14.5 Å². The zero-order valence-electron chi connectivity index (χ0n) is 16.9. The first kappa shape index (κ1) is 18.9. The van der Waals surface area contributed by atoms with Crippen LogP contribution in [0.1, 0.15) is 21.7 Å². The maximum Gasteiger partial charge on any atom is 0.259 e. The average molecular weight is 392 g/mol. The summed E-state index contributed by atoms with van der Waals surface area (Å²) in [6.07, 6.45) is 3.39. The van der Waals surface area contributed by atoms with Crippen LogP contribution in [0.5, 0.6) is 5.88 Å². The molecule has 1 amide bonds. The van der Waals surface area contributed by atoms with Crippen LogP contribution >= 0.6 is 0 Å². The molecular weight excluding hydrogens is 368 g/mol. The summed E-state index contributed by atoms with van der Waals surface area (Å²) in [6, 6.07) is 9.30. The number of aryl methyl sites for hydroxylation is 1. The lowest BCUT2D eigenvalue weighted by atomic mass is 10.2. The van der Waals surface area contributed by atoms with Crippen molar-refractivity contribution in [2.45, 2.75) is 13.8 Å². The number of ether oxygens (including phenoxy) is 1. The molecule has 1 fully saturated rings. The number of pyridine rings is 2. The van der Waals surface area contributed by atoms with Crippen molar-refractivity contribution < 1.29 is 9.53 Å². The Kier molecular flexibility index (Phi) is 5.16. The Bertz CT molecular complexity index is 1010. The predicted octanol–water partition coefficient (Wildman–Crippen LogP) is 2.25. The Labute approximate surface area is 169 Å². The fourth-order valence-electron chi connectivity index (χ4n) is 3.81. The zero-order chi connectivity index (χ0) is 20.4. The van der Waals surface area contributed by atoms with Gasteiger partial charge in [0.15, 0.2) is 5.82 Å². The van der Waals surface area contributed by atoms with Crippen LogP contribution in [-0.2, 0) is 0 Å². The number of methoxy groups -OCH3 is 1. The Morgan fingerprint density at radius 2 is 1.76 bits per heavy atom. The Hall–Kier alpha value is -3.42. The molecular formula is C21H24N6O2. The standard InChI is InChI=1S/C21H24N6O2/c1-15-19(16(2)27(24-15)18-8-4-5-9-22-18)25-11-13-26(14-12-25)21(28)17-7-6-10-23-20(17)29-3/h4-10H,11-14H2,1-3H3. The number of anilines is 1. The third kappa shape index (κ3) is 3.53. The monoisotopic (exact) mass is 392 g/mol. The van der Waals surface area contributed by atoms with Gasteiger partial charge in [-0.05, 0) is 38.1 Å². The first-order valence-corrected chi connectivity index (χ1v) is 9.61. The molecule has 29 heavy (non-hydrogen) atoms. The van der Waals surface area contributed by atoms with Gasteiger partial charge in [0, 0.05) is 38.6 Å². The number of carbonyl (C=O) groups excluding carboxylic acids is 1. The van der Waals surface area contributed by atoms with Gasteiger partial charge in [-0.2, -0.15) is 5.10 Å². The maximum atomic E-state index is 12.9. The number of hydrogen-bond acceptors (Lipinski definition) is 6. The number of carbonyl (C=O) groups is 1. The number of amides is 1. The van der Waals surface area contributed by atoms with Gasteiger partial charge in [0.2, 0.25) is 5.88 Å². The van der Waals surface area contributed by atoms with Crippen LogP contribution in [0.15, 0.2) is 42.7 Å². The molecule has 1 saturated heterocycles. The van der Waals surface area contributed by atoms with Crippen molar-refractivity contribution in [3.05, 3.63) is 59.7 Å². The fourth-order valence-corrected chi connectivity index (χ4v) is 3.81. The van der Waals surface area contributed by atoms with Crippen molar-refractivity contribution in [3.63, 3.8) is 0 Å². The van der Waals surface area contributed by atoms with Crippen LogP contribution < -0.4 is 9.64 Å². The lowest BCUT2D eigenvalue weighted by molar-refractivity contribution is 0.0742. The van der Waals surface area contributed by atoms with Gasteiger partial charge >= 0.3 is 0 Å². The van der Waals surface area contributed by atoms with Crippen molar-refractivity contribution in [1.29, 1.82) is 0 Å². The van der Waals surface area contributed by atoms with Crippen LogP contribution in [-0.4, -0.2) is 63.8 Å². The molecule has 0 aromatic carbocycles. The van der Waals surface area contributed by atoms with Crippen LogP contribution in [0.4, 0.5) is 5.69 Å². The molecule has 4 rings (SSSR count). The number of rotatable bonds is 4. The highest BCUT2D eigenvalue weighted by atomic mass is 16.5. The van der Waals surface area contributed by atoms with E-state index < -0.39 is 0 Å². The summed E-state index contributed by atoms with van der Waals surface area (Å²) in [5.74, 6) is 1.12. The van der Waals surface area contributed by atoms with Crippen molar-refractivity contribution in [1.82, 2.24) is 24.6 Å². The van der Waals surface area contributed by atoms with E-state index in [1.807, 2.05) is 34.7 Å². The highest BCUT2D eigenvalue weighted by Gasteiger charge is 2.27. The second kappa shape index (κ2) is 7.90. The molecule has 0 radical (unpaired) electrons. The maximum absolute atomic E-state index is 12.9. The average Bonchev–Trinajstić information content (AvgIpc) is 3.08. The summed E-state index contributed by atoms with van der Waals surface area (Å²) in [5.41, 5.74) is 3.62. The van der Waals surface area contributed by atoms with Gasteiger partial charge in [-0.25, -0.2) is 14.6 Å². The Morgan fingerprint density at radius 3 is 2.45 bits per heavy atom. The van der Waals surface area contributed by atoms with E-state index in [2.05, 4.69) is 26.9 Å². The van der Waals surface area contributed by atoms with E-state index in [9.17, 15) is 4.79 Å². The molecule has 1 aliphatic rings. The molecule has 8 heteroatoms. The quantitative estimate of drug-likeness (QED) is 0.678. The summed E-state index contributed by atoms with van der Waals surface area (Å²) in [6.45, 7) is 6.81. The van der Waals surface area contributed by atoms with E-state index in [4.69, 9.17) is 4.74 Å². The summed E-state index contributed by atoms with van der Waals surface area (Å²) in [4.78, 5) is 25.6. The number of piperazine rings is 1. The van der Waals surface area contributed by atoms with Gasteiger partial charge in [-0.15, -0.1) is 0 Å². The molecule has 3 aromatic heterocycles. The molecule has 0 bridgehead atoms. The lowest BCUT2D eigenvalue weighted by Gasteiger charge is -2.36. The normalized spacial score (nSPS) is 14.2. The van der Waals surface area contributed by atoms with Crippen LogP contribution in [0.2, 0.25) is 0 Å². The molecule has 0 aliphatic carbocycles. The van der Waals surface area contributed by atoms with E-state index in [0.29, 0.717) is 24.5 Å². The largest absolute Gasteiger partial charge is 0.480 e. The third-order valence-electron chi connectivity index (χ3n) is 5.20. The minimum absolute atomic E-state index is 0.0489. The van der Waals surface area contributed by atoms with Crippen LogP contribution in [0.25, 0.3) is 5.82 Å². The predicted molar refractivity (Wildman–Crippen MR) is 110 cm³/mol.